The van der Waals surface area contributed by atoms with Crippen LogP contribution >= 0.6 is 11.6 Å². The Morgan fingerprint density at radius 3 is 2.38 bits per heavy atom. The highest BCUT2D eigenvalue weighted by atomic mass is 35.5. The highest BCUT2D eigenvalue weighted by Gasteiger charge is 2.18. The lowest BCUT2D eigenvalue weighted by atomic mass is 9.89. The lowest BCUT2D eigenvalue weighted by molar-refractivity contribution is 0.125. The van der Waals surface area contributed by atoms with E-state index >= 15 is 0 Å². The van der Waals surface area contributed by atoms with E-state index < -0.39 is 16.1 Å². The fraction of sp³-hybridized carbons (Fsp3) is 0.467. The predicted molar refractivity (Wildman–Crippen MR) is 87.5 cm³/mol. The number of rotatable bonds is 6. The molecule has 0 aliphatic heterocycles. The smallest absolute Gasteiger partial charge is 0.233 e. The molecule has 6 heteroatoms. The van der Waals surface area contributed by atoms with E-state index in [0.29, 0.717) is 11.4 Å². The number of sulfonamides is 1. The van der Waals surface area contributed by atoms with E-state index in [1.165, 1.54) is 6.08 Å². The molecule has 0 aliphatic rings. The summed E-state index contributed by atoms with van der Waals surface area (Å²) in [5.74, 6) is 0. The van der Waals surface area contributed by atoms with Crippen LogP contribution in [0.5, 0.6) is 0 Å². The molecule has 0 aromatic heterocycles. The standard InChI is InChI=1S/C15H22ClNO3S/c1-15(2,3)10-14(18)11-17-21(19,20)9-8-12-4-6-13(16)7-5-12/h4-9,14,17-18H,10-11H2,1-3H3/b9-8+. The Bertz CT molecular complexity index is 574. The second-order valence-corrected chi connectivity index (χ2v) is 8.25. The zero-order chi connectivity index (χ0) is 16.1. The molecule has 0 saturated carbocycles. The molecule has 0 fully saturated rings. The fourth-order valence-corrected chi connectivity index (χ4v) is 2.76. The molecule has 1 unspecified atom stereocenters. The summed E-state index contributed by atoms with van der Waals surface area (Å²) in [7, 11) is -3.56. The first kappa shape index (κ1) is 18.2. The van der Waals surface area contributed by atoms with Crippen LogP contribution in [0.2, 0.25) is 5.02 Å². The number of nitrogens with one attached hydrogen (secondary N) is 1. The molecular weight excluding hydrogens is 310 g/mol. The second-order valence-electron chi connectivity index (χ2n) is 6.17. The van der Waals surface area contributed by atoms with Gasteiger partial charge in [0.1, 0.15) is 0 Å². The van der Waals surface area contributed by atoms with Crippen LogP contribution in [-0.2, 0) is 10.0 Å². The van der Waals surface area contributed by atoms with Crippen LogP contribution in [0.4, 0.5) is 0 Å². The summed E-state index contributed by atoms with van der Waals surface area (Å²) >= 11 is 5.76. The molecule has 0 saturated heterocycles. The molecule has 0 bridgehead atoms. The van der Waals surface area contributed by atoms with Gasteiger partial charge in [-0.05, 0) is 35.6 Å². The van der Waals surface area contributed by atoms with Gasteiger partial charge in [-0.15, -0.1) is 0 Å². The third-order valence-electron chi connectivity index (χ3n) is 2.68. The van der Waals surface area contributed by atoms with Crippen molar-refractivity contribution < 1.29 is 13.5 Å². The van der Waals surface area contributed by atoms with Crippen LogP contribution in [0.1, 0.15) is 32.8 Å². The van der Waals surface area contributed by atoms with Crippen molar-refractivity contribution in [1.82, 2.24) is 4.72 Å². The minimum absolute atomic E-state index is 0.00452. The first-order valence-electron chi connectivity index (χ1n) is 6.69. The van der Waals surface area contributed by atoms with Gasteiger partial charge in [0.2, 0.25) is 10.0 Å². The number of halogens is 1. The second kappa shape index (κ2) is 7.40. The van der Waals surface area contributed by atoms with Crippen LogP contribution in [0.15, 0.2) is 29.7 Å². The van der Waals surface area contributed by atoms with E-state index in [9.17, 15) is 13.5 Å². The average Bonchev–Trinajstić information content (AvgIpc) is 2.34. The summed E-state index contributed by atoms with van der Waals surface area (Å²) in [4.78, 5) is 0. The van der Waals surface area contributed by atoms with Gasteiger partial charge < -0.3 is 5.11 Å². The SMILES string of the molecule is CC(C)(C)CC(O)CNS(=O)(=O)/C=C/c1ccc(Cl)cc1. The van der Waals surface area contributed by atoms with E-state index in [0.717, 1.165) is 11.0 Å². The molecule has 118 valence electrons. The van der Waals surface area contributed by atoms with Gasteiger partial charge in [0, 0.05) is 17.0 Å². The Morgan fingerprint density at radius 2 is 1.86 bits per heavy atom. The molecular formula is C15H22ClNO3S. The Morgan fingerprint density at radius 1 is 1.29 bits per heavy atom. The first-order chi connectivity index (χ1) is 9.57. The topological polar surface area (TPSA) is 66.4 Å². The molecule has 1 rings (SSSR count). The molecule has 0 heterocycles. The molecule has 2 N–H and O–H groups in total. The molecule has 0 aliphatic carbocycles. The third kappa shape index (κ3) is 8.21. The maximum atomic E-state index is 11.8. The largest absolute Gasteiger partial charge is 0.392 e. The van der Waals surface area contributed by atoms with E-state index in [2.05, 4.69) is 4.72 Å². The van der Waals surface area contributed by atoms with Crippen molar-refractivity contribution in [3.05, 3.63) is 40.3 Å². The average molecular weight is 332 g/mol. The van der Waals surface area contributed by atoms with Crippen molar-refractivity contribution in [2.45, 2.75) is 33.3 Å². The van der Waals surface area contributed by atoms with Gasteiger partial charge in [-0.2, -0.15) is 0 Å². The highest BCUT2D eigenvalue weighted by molar-refractivity contribution is 7.92. The number of benzene rings is 1. The summed E-state index contributed by atoms with van der Waals surface area (Å²) in [6, 6.07) is 6.83. The van der Waals surface area contributed by atoms with Crippen LogP contribution < -0.4 is 4.72 Å². The summed E-state index contributed by atoms with van der Waals surface area (Å²) in [6.45, 7) is 5.98. The first-order valence-corrected chi connectivity index (χ1v) is 8.61. The molecule has 1 aromatic carbocycles. The number of hydrogen-bond donors (Lipinski definition) is 2. The zero-order valence-corrected chi connectivity index (χ0v) is 14.1. The van der Waals surface area contributed by atoms with E-state index in [1.54, 1.807) is 24.3 Å². The van der Waals surface area contributed by atoms with Crippen molar-refractivity contribution in [2.75, 3.05) is 6.54 Å². The quantitative estimate of drug-likeness (QED) is 0.842. The lowest BCUT2D eigenvalue weighted by Gasteiger charge is -2.22. The Balaban J connectivity index is 2.56. The van der Waals surface area contributed by atoms with Crippen molar-refractivity contribution in [3.63, 3.8) is 0 Å². The van der Waals surface area contributed by atoms with Crippen molar-refractivity contribution in [2.24, 2.45) is 5.41 Å². The van der Waals surface area contributed by atoms with Gasteiger partial charge >= 0.3 is 0 Å². The maximum Gasteiger partial charge on any atom is 0.233 e. The van der Waals surface area contributed by atoms with Gasteiger partial charge in [0.15, 0.2) is 0 Å². The van der Waals surface area contributed by atoms with Crippen LogP contribution in [-0.4, -0.2) is 26.2 Å². The minimum atomic E-state index is -3.56. The normalized spacial score (nSPS) is 14.5. The Kier molecular flexibility index (Phi) is 6.41. The molecule has 0 amide bonds. The molecule has 1 aromatic rings. The lowest BCUT2D eigenvalue weighted by Crippen LogP contribution is -2.33. The summed E-state index contributed by atoms with van der Waals surface area (Å²) < 4.78 is 26.0. The fourth-order valence-electron chi connectivity index (χ4n) is 1.78. The minimum Gasteiger partial charge on any atom is -0.392 e. The maximum absolute atomic E-state index is 11.8. The monoisotopic (exact) mass is 331 g/mol. The van der Waals surface area contributed by atoms with E-state index in [-0.39, 0.29) is 12.0 Å². The summed E-state index contributed by atoms with van der Waals surface area (Å²) in [5, 5.41) is 11.5. The van der Waals surface area contributed by atoms with Gasteiger partial charge in [-0.3, -0.25) is 0 Å². The van der Waals surface area contributed by atoms with Gasteiger partial charge in [0.25, 0.3) is 0 Å². The van der Waals surface area contributed by atoms with Crippen LogP contribution in [0.25, 0.3) is 6.08 Å². The van der Waals surface area contributed by atoms with Gasteiger partial charge in [-0.1, -0.05) is 44.5 Å². The van der Waals surface area contributed by atoms with Crippen molar-refractivity contribution in [1.29, 1.82) is 0 Å². The molecule has 0 radical (unpaired) electrons. The van der Waals surface area contributed by atoms with Crippen LogP contribution in [0, 0.1) is 5.41 Å². The van der Waals surface area contributed by atoms with Crippen molar-refractivity contribution >= 4 is 27.7 Å². The Hall–Kier alpha value is -0.880. The molecule has 21 heavy (non-hydrogen) atoms. The molecule has 1 atom stereocenters. The van der Waals surface area contributed by atoms with Gasteiger partial charge in [0.05, 0.1) is 6.10 Å². The number of aliphatic hydroxyl groups excluding tert-OH is 1. The summed E-state index contributed by atoms with van der Waals surface area (Å²) in [6.07, 6.45) is 1.30. The zero-order valence-electron chi connectivity index (χ0n) is 12.5. The Labute approximate surface area is 131 Å². The van der Waals surface area contributed by atoms with Gasteiger partial charge in [-0.25, -0.2) is 13.1 Å². The molecule has 4 nitrogen and oxygen atoms in total. The van der Waals surface area contributed by atoms with E-state index in [4.69, 9.17) is 11.6 Å². The van der Waals surface area contributed by atoms with Crippen molar-refractivity contribution in [3.8, 4) is 0 Å². The highest BCUT2D eigenvalue weighted by Crippen LogP contribution is 2.20. The number of aliphatic hydroxyl groups is 1. The number of hydrogen-bond acceptors (Lipinski definition) is 3. The van der Waals surface area contributed by atoms with Crippen LogP contribution in [0.3, 0.4) is 0 Å². The molecule has 0 spiro atoms. The van der Waals surface area contributed by atoms with E-state index in [1.807, 2.05) is 20.8 Å². The summed E-state index contributed by atoms with van der Waals surface area (Å²) in [5.41, 5.74) is 0.685. The third-order valence-corrected chi connectivity index (χ3v) is 3.99. The predicted octanol–water partition coefficient (Wildman–Crippen LogP) is 3.03.